The second kappa shape index (κ2) is 14.6. The number of hydrogen-bond donors (Lipinski definition) is 0. The van der Waals surface area contributed by atoms with Crippen molar-refractivity contribution in [1.29, 1.82) is 0 Å². The van der Waals surface area contributed by atoms with Crippen LogP contribution >= 0.6 is 0 Å². The van der Waals surface area contributed by atoms with Gasteiger partial charge in [0.1, 0.15) is 0 Å². The Morgan fingerprint density at radius 3 is 0.850 bits per heavy atom. The molecular weight excluding hydrogens is 248 g/mol. The molecule has 0 N–H and O–H groups in total. The summed E-state index contributed by atoms with van der Waals surface area (Å²) in [5.41, 5.74) is 0. The van der Waals surface area contributed by atoms with Crippen LogP contribution in [0.25, 0.3) is 0 Å². The molecule has 0 aromatic carbocycles. The minimum Gasteiger partial charge on any atom is -0.167 e. The molecule has 0 aliphatic carbocycles. The van der Waals surface area contributed by atoms with E-state index in [2.05, 4.69) is 20.7 Å². The summed E-state index contributed by atoms with van der Waals surface area (Å²) in [4.78, 5) is 0. The van der Waals surface area contributed by atoms with Gasteiger partial charge in [-0.1, -0.05) is 77.0 Å². The van der Waals surface area contributed by atoms with Gasteiger partial charge in [-0.3, -0.25) is 0 Å². The maximum Gasteiger partial charge on any atom is 0.0621 e. The van der Waals surface area contributed by atoms with Crippen molar-refractivity contribution in [3.63, 3.8) is 0 Å². The fourth-order valence-electron chi connectivity index (χ4n) is 2.63. The van der Waals surface area contributed by atoms with Gasteiger partial charge in [-0.15, -0.1) is 0 Å². The van der Waals surface area contributed by atoms with Gasteiger partial charge in [0.2, 0.25) is 0 Å². The first-order chi connectivity index (χ1) is 10.0. The predicted molar refractivity (Wildman–Crippen MR) is 84.1 cm³/mol. The van der Waals surface area contributed by atoms with Gasteiger partial charge in [-0.05, 0) is 23.3 Å². The Kier molecular flexibility index (Phi) is 12.6. The van der Waals surface area contributed by atoms with Crippen molar-refractivity contribution in [2.45, 2.75) is 89.9 Å². The van der Waals surface area contributed by atoms with E-state index in [4.69, 9.17) is 0 Å². The average molecular weight is 280 g/mol. The molecule has 0 saturated heterocycles. The SMILES string of the molecule is C1CCCCCCCCN=NN=NCCCCCCC1. The third-order valence-corrected chi connectivity index (χ3v) is 3.93. The molecule has 0 bridgehead atoms. The van der Waals surface area contributed by atoms with Crippen molar-refractivity contribution in [3.8, 4) is 0 Å². The van der Waals surface area contributed by atoms with Crippen LogP contribution in [0.3, 0.4) is 0 Å². The summed E-state index contributed by atoms with van der Waals surface area (Å²) in [7, 11) is 0. The van der Waals surface area contributed by atoms with Gasteiger partial charge in [0.15, 0.2) is 0 Å². The smallest absolute Gasteiger partial charge is 0.0621 e. The van der Waals surface area contributed by atoms with E-state index in [9.17, 15) is 0 Å². The first-order valence-electron chi connectivity index (χ1n) is 8.73. The molecule has 0 unspecified atom stereocenters. The van der Waals surface area contributed by atoms with E-state index in [1.807, 2.05) is 0 Å². The van der Waals surface area contributed by atoms with Crippen molar-refractivity contribution in [2.24, 2.45) is 20.7 Å². The van der Waals surface area contributed by atoms with E-state index < -0.39 is 0 Å². The summed E-state index contributed by atoms with van der Waals surface area (Å²) in [5.74, 6) is 0. The van der Waals surface area contributed by atoms with Crippen LogP contribution in [0.15, 0.2) is 20.7 Å². The fourth-order valence-corrected chi connectivity index (χ4v) is 2.63. The van der Waals surface area contributed by atoms with Crippen LogP contribution in [0.1, 0.15) is 89.9 Å². The topological polar surface area (TPSA) is 49.4 Å². The normalized spacial score (nSPS) is 22.4. The first kappa shape index (κ1) is 17.3. The molecule has 1 heterocycles. The van der Waals surface area contributed by atoms with Gasteiger partial charge < -0.3 is 0 Å². The molecule has 0 saturated carbocycles. The molecule has 4 heteroatoms. The van der Waals surface area contributed by atoms with Crippen molar-refractivity contribution in [2.75, 3.05) is 13.1 Å². The van der Waals surface area contributed by atoms with Crippen LogP contribution < -0.4 is 0 Å². The molecule has 1 aliphatic heterocycles. The van der Waals surface area contributed by atoms with E-state index in [-0.39, 0.29) is 0 Å². The van der Waals surface area contributed by atoms with Gasteiger partial charge in [0, 0.05) is 0 Å². The number of nitrogens with zero attached hydrogens (tertiary/aromatic N) is 4. The Hall–Kier alpha value is -0.800. The molecule has 0 atom stereocenters. The molecule has 20 heavy (non-hydrogen) atoms. The quantitative estimate of drug-likeness (QED) is 0.501. The molecule has 4 nitrogen and oxygen atoms in total. The predicted octanol–water partition coefficient (Wildman–Crippen LogP) is 6.28. The average Bonchev–Trinajstić information content (AvgIpc) is 2.46. The summed E-state index contributed by atoms with van der Waals surface area (Å²) in [6.07, 6.45) is 18.8. The molecule has 0 fully saturated rings. The van der Waals surface area contributed by atoms with Crippen LogP contribution in [0.5, 0.6) is 0 Å². The van der Waals surface area contributed by atoms with E-state index in [1.54, 1.807) is 0 Å². The molecule has 0 spiro atoms. The van der Waals surface area contributed by atoms with E-state index >= 15 is 0 Å². The van der Waals surface area contributed by atoms with Crippen molar-refractivity contribution in [1.82, 2.24) is 0 Å². The largest absolute Gasteiger partial charge is 0.167 e. The minimum atomic E-state index is 0.805. The Morgan fingerprint density at radius 1 is 0.300 bits per heavy atom. The Bertz CT molecular complexity index is 225. The maximum absolute atomic E-state index is 4.03. The summed E-state index contributed by atoms with van der Waals surface area (Å²) in [5, 5.41) is 15.5. The van der Waals surface area contributed by atoms with Crippen molar-refractivity contribution < 1.29 is 0 Å². The minimum absolute atomic E-state index is 0.805. The first-order valence-corrected chi connectivity index (χ1v) is 8.73. The molecule has 1 aliphatic rings. The van der Waals surface area contributed by atoms with Gasteiger partial charge >= 0.3 is 0 Å². The van der Waals surface area contributed by atoms with Crippen LogP contribution in [0.2, 0.25) is 0 Å². The van der Waals surface area contributed by atoms with Crippen LogP contribution in [-0.2, 0) is 0 Å². The standard InChI is InChI=1S/C16H32N4/c1-2-4-6-8-10-12-14-16-18-20-19-17-15-13-11-9-7-5-3-1/h1-16H2. The van der Waals surface area contributed by atoms with E-state index in [0.717, 1.165) is 25.9 Å². The van der Waals surface area contributed by atoms with Crippen molar-refractivity contribution >= 4 is 0 Å². The number of hydrogen-bond acceptors (Lipinski definition) is 4. The summed E-state index contributed by atoms with van der Waals surface area (Å²) < 4.78 is 0. The second-order valence-corrected chi connectivity index (χ2v) is 5.86. The van der Waals surface area contributed by atoms with Crippen molar-refractivity contribution in [3.05, 3.63) is 0 Å². The summed E-state index contributed by atoms with van der Waals surface area (Å²) >= 11 is 0. The second-order valence-electron chi connectivity index (χ2n) is 5.86. The zero-order chi connectivity index (χ0) is 14.1. The van der Waals surface area contributed by atoms with Gasteiger partial charge in [0.25, 0.3) is 0 Å². The molecule has 116 valence electrons. The molecule has 0 aromatic heterocycles. The highest BCUT2D eigenvalue weighted by Crippen LogP contribution is 2.13. The maximum atomic E-state index is 4.03. The third kappa shape index (κ3) is 12.2. The molecule has 1 rings (SSSR count). The monoisotopic (exact) mass is 280 g/mol. The molecule has 0 aromatic rings. The lowest BCUT2D eigenvalue weighted by Crippen LogP contribution is -1.85. The lowest BCUT2D eigenvalue weighted by Gasteiger charge is -2.03. The van der Waals surface area contributed by atoms with E-state index in [0.29, 0.717) is 0 Å². The Labute approximate surface area is 124 Å². The summed E-state index contributed by atoms with van der Waals surface area (Å²) in [6.45, 7) is 1.61. The van der Waals surface area contributed by atoms with Crippen LogP contribution in [0, 0.1) is 0 Å². The van der Waals surface area contributed by atoms with Gasteiger partial charge in [-0.2, -0.15) is 10.2 Å². The van der Waals surface area contributed by atoms with Crippen LogP contribution in [-0.4, -0.2) is 13.1 Å². The lowest BCUT2D eigenvalue weighted by atomic mass is 10.0. The lowest BCUT2D eigenvalue weighted by molar-refractivity contribution is 0.531. The molecular formula is C16H32N4. The highest BCUT2D eigenvalue weighted by molar-refractivity contribution is 4.51. The zero-order valence-electron chi connectivity index (χ0n) is 13.1. The zero-order valence-corrected chi connectivity index (χ0v) is 13.1. The Balaban J connectivity index is 2.12. The third-order valence-electron chi connectivity index (χ3n) is 3.93. The Morgan fingerprint density at radius 2 is 0.550 bits per heavy atom. The summed E-state index contributed by atoms with van der Waals surface area (Å²) in [6, 6.07) is 0. The number of rotatable bonds is 0. The van der Waals surface area contributed by atoms with Crippen LogP contribution in [0.4, 0.5) is 0 Å². The van der Waals surface area contributed by atoms with Gasteiger partial charge in [0.05, 0.1) is 13.1 Å². The molecule has 0 amide bonds. The van der Waals surface area contributed by atoms with E-state index in [1.165, 1.54) is 77.0 Å². The highest BCUT2D eigenvalue weighted by atomic mass is 15.5. The highest BCUT2D eigenvalue weighted by Gasteiger charge is 1.94. The van der Waals surface area contributed by atoms with Gasteiger partial charge in [-0.25, -0.2) is 0 Å². The fraction of sp³-hybridized carbons (Fsp3) is 1.00. The molecule has 0 radical (unpaired) electrons.